The monoisotopic (exact) mass is 431 g/mol. The SMILES string of the molecule is CC(CCN(Cc1ccccc1)C(=O)c1cccc2c1-c1ccccc1C2)c1ccccc1. The molecule has 4 aromatic carbocycles. The van der Waals surface area contributed by atoms with Crippen LogP contribution in [0.1, 0.15) is 51.9 Å². The Morgan fingerprint density at radius 1 is 0.788 bits per heavy atom. The molecule has 164 valence electrons. The van der Waals surface area contributed by atoms with Crippen LogP contribution in [0.5, 0.6) is 0 Å². The number of nitrogens with zero attached hydrogens (tertiary/aromatic N) is 1. The van der Waals surface area contributed by atoms with Crippen molar-refractivity contribution in [3.05, 3.63) is 131 Å². The largest absolute Gasteiger partial charge is 0.334 e. The highest BCUT2D eigenvalue weighted by molar-refractivity contribution is 6.03. The number of benzene rings is 4. The molecule has 0 saturated carbocycles. The van der Waals surface area contributed by atoms with E-state index in [1.54, 1.807) is 0 Å². The lowest BCUT2D eigenvalue weighted by molar-refractivity contribution is 0.0739. The molecule has 33 heavy (non-hydrogen) atoms. The van der Waals surface area contributed by atoms with Gasteiger partial charge in [-0.25, -0.2) is 0 Å². The van der Waals surface area contributed by atoms with Gasteiger partial charge >= 0.3 is 0 Å². The van der Waals surface area contributed by atoms with Gasteiger partial charge in [0.2, 0.25) is 0 Å². The Bertz CT molecular complexity index is 1250. The van der Waals surface area contributed by atoms with E-state index in [1.165, 1.54) is 22.3 Å². The summed E-state index contributed by atoms with van der Waals surface area (Å²) >= 11 is 0. The lowest BCUT2D eigenvalue weighted by Gasteiger charge is -2.26. The maximum atomic E-state index is 14.0. The zero-order valence-electron chi connectivity index (χ0n) is 19.1. The van der Waals surface area contributed by atoms with E-state index in [1.807, 2.05) is 35.2 Å². The second-order valence-electron chi connectivity index (χ2n) is 8.99. The molecule has 0 aromatic heterocycles. The van der Waals surface area contributed by atoms with E-state index in [4.69, 9.17) is 0 Å². The normalized spacial score (nSPS) is 12.6. The molecule has 0 heterocycles. The Balaban J connectivity index is 1.45. The van der Waals surface area contributed by atoms with E-state index in [0.717, 1.165) is 36.1 Å². The highest BCUT2D eigenvalue weighted by Crippen LogP contribution is 2.39. The third-order valence-electron chi connectivity index (χ3n) is 6.75. The number of rotatable bonds is 7. The van der Waals surface area contributed by atoms with E-state index >= 15 is 0 Å². The van der Waals surface area contributed by atoms with Gasteiger partial charge in [-0.1, -0.05) is 104 Å². The number of carbonyl (C=O) groups is 1. The minimum atomic E-state index is 0.118. The van der Waals surface area contributed by atoms with Crippen molar-refractivity contribution in [3.8, 4) is 11.1 Å². The van der Waals surface area contributed by atoms with E-state index in [0.29, 0.717) is 12.5 Å². The molecule has 1 aliphatic carbocycles. The molecule has 1 atom stereocenters. The summed E-state index contributed by atoms with van der Waals surface area (Å²) in [6.07, 6.45) is 1.82. The quantitative estimate of drug-likeness (QED) is 0.269. The Kier molecular flexibility index (Phi) is 6.08. The third-order valence-corrected chi connectivity index (χ3v) is 6.75. The first-order chi connectivity index (χ1) is 16.2. The predicted molar refractivity (Wildman–Crippen MR) is 135 cm³/mol. The molecule has 1 aliphatic rings. The van der Waals surface area contributed by atoms with Crippen molar-refractivity contribution >= 4 is 5.91 Å². The molecule has 0 fully saturated rings. The van der Waals surface area contributed by atoms with Crippen molar-refractivity contribution in [2.75, 3.05) is 6.54 Å². The van der Waals surface area contributed by atoms with Crippen LogP contribution in [0.2, 0.25) is 0 Å². The van der Waals surface area contributed by atoms with Crippen LogP contribution in [-0.2, 0) is 13.0 Å². The molecule has 1 amide bonds. The number of carbonyl (C=O) groups excluding carboxylic acids is 1. The summed E-state index contributed by atoms with van der Waals surface area (Å²) in [6, 6.07) is 35.6. The lowest BCUT2D eigenvalue weighted by atomic mass is 9.96. The van der Waals surface area contributed by atoms with Crippen molar-refractivity contribution in [1.29, 1.82) is 0 Å². The van der Waals surface area contributed by atoms with Crippen LogP contribution in [0.4, 0.5) is 0 Å². The minimum absolute atomic E-state index is 0.118. The van der Waals surface area contributed by atoms with Gasteiger partial charge in [0.25, 0.3) is 5.91 Å². The summed E-state index contributed by atoms with van der Waals surface area (Å²) in [5, 5.41) is 0. The van der Waals surface area contributed by atoms with Crippen molar-refractivity contribution in [2.24, 2.45) is 0 Å². The van der Waals surface area contributed by atoms with Crippen LogP contribution in [0.25, 0.3) is 11.1 Å². The summed E-state index contributed by atoms with van der Waals surface area (Å²) in [5.41, 5.74) is 8.17. The second kappa shape index (κ2) is 9.46. The standard InChI is InChI=1S/C31H29NO/c1-23(25-13-6-3-7-14-25)19-20-32(22-24-11-4-2-5-12-24)31(33)29-18-10-16-27-21-26-15-8-9-17-28(26)30(27)29/h2-18,23H,19-22H2,1H3. The number of hydrogen-bond acceptors (Lipinski definition) is 1. The Hall–Kier alpha value is -3.65. The number of fused-ring (bicyclic) bond motifs is 3. The van der Waals surface area contributed by atoms with Gasteiger partial charge in [0.15, 0.2) is 0 Å². The summed E-state index contributed by atoms with van der Waals surface area (Å²) in [7, 11) is 0. The van der Waals surface area contributed by atoms with Gasteiger partial charge in [-0.2, -0.15) is 0 Å². The van der Waals surface area contributed by atoms with E-state index < -0.39 is 0 Å². The summed E-state index contributed by atoms with van der Waals surface area (Å²) < 4.78 is 0. The van der Waals surface area contributed by atoms with Gasteiger partial charge in [-0.15, -0.1) is 0 Å². The summed E-state index contributed by atoms with van der Waals surface area (Å²) in [5.74, 6) is 0.507. The Morgan fingerprint density at radius 3 is 2.24 bits per heavy atom. The third kappa shape index (κ3) is 4.47. The molecule has 0 saturated heterocycles. The van der Waals surface area contributed by atoms with Gasteiger partial charge in [0, 0.05) is 18.7 Å². The highest BCUT2D eigenvalue weighted by atomic mass is 16.2. The van der Waals surface area contributed by atoms with Gasteiger partial charge in [0.1, 0.15) is 0 Å². The van der Waals surface area contributed by atoms with Crippen LogP contribution in [0.15, 0.2) is 103 Å². The fraction of sp³-hybridized carbons (Fsp3) is 0.194. The molecule has 5 rings (SSSR count). The van der Waals surface area contributed by atoms with Crippen LogP contribution in [-0.4, -0.2) is 17.4 Å². The molecule has 4 aromatic rings. The first kappa shape index (κ1) is 21.2. The maximum absolute atomic E-state index is 14.0. The smallest absolute Gasteiger partial charge is 0.254 e. The molecule has 0 spiro atoms. The maximum Gasteiger partial charge on any atom is 0.254 e. The molecule has 1 unspecified atom stereocenters. The van der Waals surface area contributed by atoms with Gasteiger partial charge < -0.3 is 4.90 Å². The first-order valence-electron chi connectivity index (χ1n) is 11.8. The topological polar surface area (TPSA) is 20.3 Å². The van der Waals surface area contributed by atoms with E-state index in [-0.39, 0.29) is 5.91 Å². The predicted octanol–water partition coefficient (Wildman–Crippen LogP) is 7.09. The fourth-order valence-electron chi connectivity index (χ4n) is 4.89. The van der Waals surface area contributed by atoms with Gasteiger partial charge in [0.05, 0.1) is 0 Å². The Morgan fingerprint density at radius 2 is 1.45 bits per heavy atom. The average Bonchev–Trinajstić information content (AvgIpc) is 3.26. The zero-order valence-corrected chi connectivity index (χ0v) is 19.1. The zero-order chi connectivity index (χ0) is 22.6. The average molecular weight is 432 g/mol. The summed E-state index contributed by atoms with van der Waals surface area (Å²) in [4.78, 5) is 16.0. The molecule has 2 heteroatoms. The molecule has 0 radical (unpaired) electrons. The summed E-state index contributed by atoms with van der Waals surface area (Å²) in [6.45, 7) is 3.58. The van der Waals surface area contributed by atoms with Crippen LogP contribution >= 0.6 is 0 Å². The van der Waals surface area contributed by atoms with Crippen LogP contribution < -0.4 is 0 Å². The van der Waals surface area contributed by atoms with E-state index in [9.17, 15) is 4.79 Å². The highest BCUT2D eigenvalue weighted by Gasteiger charge is 2.26. The Labute approximate surface area is 196 Å². The molecule has 0 bridgehead atoms. The number of hydrogen-bond donors (Lipinski definition) is 0. The van der Waals surface area contributed by atoms with E-state index in [2.05, 4.69) is 79.7 Å². The minimum Gasteiger partial charge on any atom is -0.334 e. The lowest BCUT2D eigenvalue weighted by Crippen LogP contribution is -2.32. The van der Waals surface area contributed by atoms with Gasteiger partial charge in [-0.3, -0.25) is 4.79 Å². The first-order valence-corrected chi connectivity index (χ1v) is 11.8. The molecule has 0 aliphatic heterocycles. The van der Waals surface area contributed by atoms with Crippen LogP contribution in [0, 0.1) is 0 Å². The van der Waals surface area contributed by atoms with Crippen molar-refractivity contribution in [3.63, 3.8) is 0 Å². The van der Waals surface area contributed by atoms with Crippen molar-refractivity contribution in [1.82, 2.24) is 4.90 Å². The number of amides is 1. The van der Waals surface area contributed by atoms with Gasteiger partial charge in [-0.05, 0) is 58.2 Å². The molecular formula is C31H29NO. The molecular weight excluding hydrogens is 402 g/mol. The van der Waals surface area contributed by atoms with Crippen molar-refractivity contribution < 1.29 is 4.79 Å². The van der Waals surface area contributed by atoms with Crippen molar-refractivity contribution in [2.45, 2.75) is 32.2 Å². The molecule has 2 nitrogen and oxygen atoms in total. The molecule has 0 N–H and O–H groups in total. The fourth-order valence-corrected chi connectivity index (χ4v) is 4.89. The second-order valence-corrected chi connectivity index (χ2v) is 8.99. The van der Waals surface area contributed by atoms with Crippen LogP contribution in [0.3, 0.4) is 0 Å².